The zero-order chi connectivity index (χ0) is 49.5. The molecule has 394 valence electrons. The molecule has 0 radical (unpaired) electrons. The Balaban J connectivity index is 1.09. The fraction of sp³-hybridized carbons (Fsp3) is 1.00. The van der Waals surface area contributed by atoms with Gasteiger partial charge in [-0.25, -0.2) is 0 Å². The van der Waals surface area contributed by atoms with Gasteiger partial charge in [0.2, 0.25) is 0 Å². The molecule has 68 heavy (non-hydrogen) atoms. The van der Waals surface area contributed by atoms with Gasteiger partial charge < -0.3 is 99.5 Å². The van der Waals surface area contributed by atoms with Crippen LogP contribution in [0.2, 0.25) is 0 Å². The van der Waals surface area contributed by atoms with Crippen LogP contribution in [0.4, 0.5) is 0 Å². The van der Waals surface area contributed by atoms with Crippen molar-refractivity contribution in [1.82, 2.24) is 0 Å². The van der Waals surface area contributed by atoms with E-state index in [1.165, 1.54) is 0 Å². The largest absolute Gasteiger partial charge is 0.396 e. The molecule has 3 unspecified atom stereocenters. The van der Waals surface area contributed by atoms with Crippen LogP contribution in [-0.4, -0.2) is 216 Å². The third-order valence-electron chi connectivity index (χ3n) is 19.9. The molecule has 13 N–H and O–H groups in total. The maximum Gasteiger partial charge on any atom is 0.187 e. The van der Waals surface area contributed by atoms with Gasteiger partial charge in [0.15, 0.2) is 18.9 Å². The van der Waals surface area contributed by atoms with Crippen LogP contribution in [0.15, 0.2) is 0 Å². The number of rotatable bonds is 12. The Morgan fingerprint density at radius 3 is 1.72 bits per heavy atom. The van der Waals surface area contributed by atoms with E-state index in [-0.39, 0.29) is 64.6 Å². The van der Waals surface area contributed by atoms with Crippen molar-refractivity contribution in [2.24, 2.45) is 50.7 Å². The monoisotopic (exact) mass is 979 g/mol. The molecule has 0 bridgehead atoms. The van der Waals surface area contributed by atoms with Crippen molar-refractivity contribution in [1.29, 1.82) is 0 Å². The van der Waals surface area contributed by atoms with Gasteiger partial charge in [-0.05, 0) is 98.2 Å². The van der Waals surface area contributed by atoms with Crippen LogP contribution in [0.3, 0.4) is 0 Å². The molecule has 4 aliphatic carbocycles. The second-order valence-corrected chi connectivity index (χ2v) is 23.2. The van der Waals surface area contributed by atoms with Crippen molar-refractivity contribution in [3.63, 3.8) is 0 Å². The highest BCUT2D eigenvalue weighted by atomic mass is 16.8. The van der Waals surface area contributed by atoms with E-state index in [0.29, 0.717) is 25.9 Å². The number of hydrogen-bond acceptors (Lipinski definition) is 20. The van der Waals surface area contributed by atoms with E-state index in [1.807, 2.05) is 13.8 Å². The third-order valence-corrected chi connectivity index (χ3v) is 19.9. The van der Waals surface area contributed by atoms with Crippen LogP contribution in [0.5, 0.6) is 0 Å². The van der Waals surface area contributed by atoms with Gasteiger partial charge in [0, 0.05) is 23.4 Å². The summed E-state index contributed by atoms with van der Waals surface area (Å²) in [6.07, 6.45) is -18.0. The number of aliphatic hydroxyl groups is 13. The lowest BCUT2D eigenvalue weighted by Gasteiger charge is -2.73. The predicted octanol–water partition coefficient (Wildman–Crippen LogP) is -1.98. The Labute approximate surface area is 398 Å². The summed E-state index contributed by atoms with van der Waals surface area (Å²) in [6.45, 7) is 9.32. The van der Waals surface area contributed by atoms with E-state index in [4.69, 9.17) is 33.2 Å². The lowest BCUT2D eigenvalue weighted by molar-refractivity contribution is -0.382. The average Bonchev–Trinajstić information content (AvgIpc) is 3.32. The molecular weight excluding hydrogens is 897 g/mol. The first kappa shape index (κ1) is 53.5. The van der Waals surface area contributed by atoms with E-state index >= 15 is 0 Å². The second-order valence-electron chi connectivity index (χ2n) is 23.2. The van der Waals surface area contributed by atoms with E-state index in [0.717, 1.165) is 44.9 Å². The molecule has 20 heteroatoms. The predicted molar refractivity (Wildman–Crippen MR) is 234 cm³/mol. The minimum atomic E-state index is -1.87. The number of aliphatic hydroxyl groups excluding tert-OH is 13. The topological polar surface area (TPSA) is 328 Å². The molecule has 8 fully saturated rings. The zero-order valence-corrected chi connectivity index (χ0v) is 40.2. The number of ether oxygens (including phenoxy) is 7. The highest BCUT2D eigenvalue weighted by molar-refractivity contribution is 5.19. The summed E-state index contributed by atoms with van der Waals surface area (Å²) in [4.78, 5) is 0. The van der Waals surface area contributed by atoms with Crippen molar-refractivity contribution >= 4 is 0 Å². The maximum absolute atomic E-state index is 12.5. The Morgan fingerprint density at radius 1 is 0.544 bits per heavy atom. The first-order chi connectivity index (χ1) is 32.1. The first-order valence-corrected chi connectivity index (χ1v) is 25.2. The van der Waals surface area contributed by atoms with Gasteiger partial charge in [-0.15, -0.1) is 0 Å². The van der Waals surface area contributed by atoms with Crippen molar-refractivity contribution in [3.8, 4) is 0 Å². The van der Waals surface area contributed by atoms with Gasteiger partial charge in [0.05, 0.1) is 51.3 Å². The zero-order valence-electron chi connectivity index (χ0n) is 40.2. The third kappa shape index (κ3) is 8.66. The molecular formula is C48H82O20. The van der Waals surface area contributed by atoms with Crippen LogP contribution in [0.1, 0.15) is 98.8 Å². The summed E-state index contributed by atoms with van der Waals surface area (Å²) >= 11 is 0. The van der Waals surface area contributed by atoms with Gasteiger partial charge in [0.1, 0.15) is 73.2 Å². The quantitative estimate of drug-likeness (QED) is 0.0943. The maximum atomic E-state index is 12.5. The molecule has 4 heterocycles. The van der Waals surface area contributed by atoms with E-state index in [2.05, 4.69) is 20.8 Å². The first-order valence-electron chi connectivity index (χ1n) is 25.2. The lowest BCUT2D eigenvalue weighted by atomic mass is 9.33. The summed E-state index contributed by atoms with van der Waals surface area (Å²) in [5.74, 6) is 0.0754. The van der Waals surface area contributed by atoms with Crippen molar-refractivity contribution in [2.75, 3.05) is 39.6 Å². The van der Waals surface area contributed by atoms with Crippen LogP contribution in [-0.2, 0) is 33.2 Å². The van der Waals surface area contributed by atoms with E-state index < -0.39 is 130 Å². The Hall–Kier alpha value is -0.800. The van der Waals surface area contributed by atoms with Crippen LogP contribution in [0, 0.1) is 50.7 Å². The molecule has 27 atom stereocenters. The normalized spacial score (nSPS) is 55.8. The summed E-state index contributed by atoms with van der Waals surface area (Å²) in [5.41, 5.74) is -2.12. The van der Waals surface area contributed by atoms with Gasteiger partial charge in [0.25, 0.3) is 0 Å². The molecule has 0 amide bonds. The van der Waals surface area contributed by atoms with Crippen molar-refractivity contribution in [2.45, 2.75) is 209 Å². The summed E-state index contributed by atoms with van der Waals surface area (Å²) in [6, 6.07) is 0. The highest BCUT2D eigenvalue weighted by Gasteiger charge is 2.71. The molecule has 8 rings (SSSR count). The Bertz CT molecular complexity index is 1690. The fourth-order valence-electron chi connectivity index (χ4n) is 15.4. The molecule has 4 aliphatic heterocycles. The van der Waals surface area contributed by atoms with Crippen LogP contribution < -0.4 is 0 Å². The summed E-state index contributed by atoms with van der Waals surface area (Å²) in [5, 5.41) is 139. The van der Waals surface area contributed by atoms with Crippen LogP contribution in [0.25, 0.3) is 0 Å². The molecule has 1 spiro atoms. The molecule has 4 saturated heterocycles. The van der Waals surface area contributed by atoms with Gasteiger partial charge >= 0.3 is 0 Å². The molecule has 0 aromatic rings. The summed E-state index contributed by atoms with van der Waals surface area (Å²) in [7, 11) is 0. The SMILES string of the molecule is C[C@@H](CO)[C@@H]1CC[C@@]2(CC[C@]3(C)C(CCC4[C@@]5(C)CC[C@H](O[C@@H]6O[C@H](CO)[C@@H](O)[C@H](O)[C@H]6O[C@@H]6O[C@H](CO)[C@@H](O)[C@H](O)[C@H]6O)[C@@](C)(CO[C@@H]6O[C@H](CO)[C@@H](O)[C@H](O)[C@H]6O)C5CC[C@]43C)[C@H]2O)CO1. The van der Waals surface area contributed by atoms with Crippen molar-refractivity contribution in [3.05, 3.63) is 0 Å². The molecule has 0 aromatic carbocycles. The molecule has 20 nitrogen and oxygen atoms in total. The van der Waals surface area contributed by atoms with Crippen molar-refractivity contribution < 1.29 is 99.5 Å². The smallest absolute Gasteiger partial charge is 0.187 e. The molecule has 0 aromatic heterocycles. The Morgan fingerprint density at radius 2 is 1.13 bits per heavy atom. The standard InChI is InChI=1S/C48H82O20/c1-22(16-49)24-8-13-48(21-62-24)15-14-46(4)23(40(48)61)6-7-29-44(2)11-10-30(45(3,28(44)9-12-47(29,46)5)20-63-41-37(59)34(56)31(53)25(17-50)64-41)67-43-39(36(58)33(55)27(19-52)66-43)68-42-38(60)35(57)32(54)26(18-51)65-42/h22-43,49-61H,6-21H2,1-5H3/t22-,23?,24-,25+,26+,27+,28?,29?,30-,31+,32+,33+,34-,35-,36-,37+,38+,39+,40+,41+,42-,43-,44-,45-,46+,47+,48+/m0/s1. The number of hydrogen-bond donors (Lipinski definition) is 13. The second kappa shape index (κ2) is 20.1. The van der Waals surface area contributed by atoms with Gasteiger partial charge in [-0.3, -0.25) is 0 Å². The van der Waals surface area contributed by atoms with Crippen LogP contribution >= 0.6 is 0 Å². The molecule has 4 saturated carbocycles. The van der Waals surface area contributed by atoms with Gasteiger partial charge in [-0.1, -0.05) is 34.6 Å². The Kier molecular flexibility index (Phi) is 15.8. The number of fused-ring (bicyclic) bond motifs is 5. The lowest BCUT2D eigenvalue weighted by Crippen LogP contribution is -2.69. The van der Waals surface area contributed by atoms with E-state index in [1.54, 1.807) is 0 Å². The fourth-order valence-corrected chi connectivity index (χ4v) is 15.4. The minimum absolute atomic E-state index is 0.0239. The summed E-state index contributed by atoms with van der Waals surface area (Å²) < 4.78 is 43.4. The minimum Gasteiger partial charge on any atom is -0.396 e. The van der Waals surface area contributed by atoms with E-state index in [9.17, 15) is 66.4 Å². The highest BCUT2D eigenvalue weighted by Crippen LogP contribution is 2.75. The average molecular weight is 979 g/mol. The van der Waals surface area contributed by atoms with Gasteiger partial charge in [-0.2, -0.15) is 0 Å². The molecule has 8 aliphatic rings.